The number of hydrogen-bond acceptors (Lipinski definition) is 4. The maximum atomic E-state index is 11.9. The Kier molecular flexibility index (Phi) is 4.11. The zero-order chi connectivity index (χ0) is 13.1. The van der Waals surface area contributed by atoms with E-state index in [4.69, 9.17) is 4.52 Å². The Bertz CT molecular complexity index is 436. The molecule has 0 radical (unpaired) electrons. The molecule has 5 heteroatoms. The minimum Gasteiger partial charge on any atom is -0.360 e. The van der Waals surface area contributed by atoms with Gasteiger partial charge < -0.3 is 9.84 Å². The molecule has 1 aromatic heterocycles. The van der Waals surface area contributed by atoms with E-state index in [1.165, 1.54) is 25.7 Å². The Morgan fingerprint density at radius 1 is 1.37 bits per heavy atom. The van der Waals surface area contributed by atoms with Gasteiger partial charge in [0.25, 0.3) is 5.91 Å². The van der Waals surface area contributed by atoms with Crippen LogP contribution in [0.15, 0.2) is 10.6 Å². The Balaban J connectivity index is 1.37. The Morgan fingerprint density at radius 2 is 2.16 bits per heavy atom. The second kappa shape index (κ2) is 5.99. The van der Waals surface area contributed by atoms with Crippen molar-refractivity contribution in [1.29, 1.82) is 0 Å². The van der Waals surface area contributed by atoms with Crippen LogP contribution in [0.3, 0.4) is 0 Å². The highest BCUT2D eigenvalue weighted by Crippen LogP contribution is 2.40. The number of rotatable bonds is 6. The maximum absolute atomic E-state index is 11.9. The van der Waals surface area contributed by atoms with Crippen molar-refractivity contribution >= 4 is 17.7 Å². The summed E-state index contributed by atoms with van der Waals surface area (Å²) in [5.74, 6) is 2.25. The van der Waals surface area contributed by atoms with E-state index in [9.17, 15) is 4.79 Å². The Labute approximate surface area is 117 Å². The molecule has 4 nitrogen and oxygen atoms in total. The average Bonchev–Trinajstić information content (AvgIpc) is 2.95. The summed E-state index contributed by atoms with van der Waals surface area (Å²) in [5.41, 5.74) is 0.424. The molecule has 2 saturated carbocycles. The van der Waals surface area contributed by atoms with Crippen LogP contribution in [-0.2, 0) is 0 Å². The predicted molar refractivity (Wildman–Crippen MR) is 75.5 cm³/mol. The van der Waals surface area contributed by atoms with Gasteiger partial charge >= 0.3 is 0 Å². The minimum atomic E-state index is -0.109. The van der Waals surface area contributed by atoms with Crippen molar-refractivity contribution in [1.82, 2.24) is 10.5 Å². The monoisotopic (exact) mass is 280 g/mol. The van der Waals surface area contributed by atoms with Gasteiger partial charge in [0.1, 0.15) is 5.76 Å². The van der Waals surface area contributed by atoms with Gasteiger partial charge in [0.05, 0.1) is 0 Å². The molecule has 0 atom stereocenters. The first-order valence-electron chi connectivity index (χ1n) is 7.19. The fourth-order valence-corrected chi connectivity index (χ4v) is 3.71. The van der Waals surface area contributed by atoms with E-state index in [1.807, 2.05) is 11.8 Å². The summed E-state index contributed by atoms with van der Waals surface area (Å²) in [7, 11) is 0. The molecule has 2 fully saturated rings. The van der Waals surface area contributed by atoms with Crippen molar-refractivity contribution in [2.24, 2.45) is 0 Å². The van der Waals surface area contributed by atoms with Crippen molar-refractivity contribution in [2.45, 2.75) is 49.7 Å². The molecule has 0 unspecified atom stereocenters. The number of thioether (sulfide) groups is 1. The van der Waals surface area contributed by atoms with Crippen LogP contribution in [0.5, 0.6) is 0 Å². The van der Waals surface area contributed by atoms with Crippen LogP contribution < -0.4 is 5.32 Å². The number of nitrogens with one attached hydrogen (secondary N) is 1. The van der Waals surface area contributed by atoms with Gasteiger partial charge in [-0.3, -0.25) is 4.79 Å². The van der Waals surface area contributed by atoms with Crippen LogP contribution in [-0.4, -0.2) is 28.6 Å². The molecule has 1 aromatic rings. The molecule has 3 rings (SSSR count). The zero-order valence-electron chi connectivity index (χ0n) is 11.1. The van der Waals surface area contributed by atoms with E-state index in [0.29, 0.717) is 18.2 Å². The first-order chi connectivity index (χ1) is 9.33. The first kappa shape index (κ1) is 13.0. The third-order valence-electron chi connectivity index (χ3n) is 3.78. The molecule has 1 amide bonds. The lowest BCUT2D eigenvalue weighted by molar-refractivity contribution is 0.0947. The minimum absolute atomic E-state index is 0.109. The highest BCUT2D eigenvalue weighted by atomic mass is 32.2. The second-order valence-corrected chi connectivity index (χ2v) is 6.83. The number of hydrogen-bond donors (Lipinski definition) is 1. The normalized spacial score (nSPS) is 19.8. The van der Waals surface area contributed by atoms with E-state index >= 15 is 0 Å². The summed E-state index contributed by atoms with van der Waals surface area (Å²) < 4.78 is 5.18. The SMILES string of the molecule is O=C(NCCSC1CCCC1)c1cc(C2CC2)on1. The lowest BCUT2D eigenvalue weighted by Gasteiger charge is -2.08. The van der Waals surface area contributed by atoms with Crippen molar-refractivity contribution in [3.63, 3.8) is 0 Å². The van der Waals surface area contributed by atoms with Gasteiger partial charge in [-0.05, 0) is 25.7 Å². The molecule has 0 spiro atoms. The molecule has 2 aliphatic carbocycles. The summed E-state index contributed by atoms with van der Waals surface area (Å²) in [6.07, 6.45) is 7.74. The van der Waals surface area contributed by atoms with Gasteiger partial charge in [0.15, 0.2) is 5.69 Å². The van der Waals surface area contributed by atoms with E-state index < -0.39 is 0 Å². The molecular weight excluding hydrogens is 260 g/mol. The molecule has 104 valence electrons. The van der Waals surface area contributed by atoms with Crippen molar-refractivity contribution in [2.75, 3.05) is 12.3 Å². The standard InChI is InChI=1S/C14H20N2O2S/c17-14(12-9-13(18-16-12)10-5-6-10)15-7-8-19-11-3-1-2-4-11/h9-11H,1-8H2,(H,15,17). The molecule has 19 heavy (non-hydrogen) atoms. The summed E-state index contributed by atoms with van der Waals surface area (Å²) >= 11 is 1.98. The molecule has 1 N–H and O–H groups in total. The van der Waals surface area contributed by atoms with E-state index in [-0.39, 0.29) is 5.91 Å². The fraction of sp³-hybridized carbons (Fsp3) is 0.714. The van der Waals surface area contributed by atoms with Crippen LogP contribution in [0.1, 0.15) is 60.7 Å². The van der Waals surface area contributed by atoms with E-state index in [0.717, 1.165) is 29.6 Å². The molecule has 2 aliphatic rings. The number of nitrogens with zero attached hydrogens (tertiary/aromatic N) is 1. The van der Waals surface area contributed by atoms with Crippen LogP contribution >= 0.6 is 11.8 Å². The predicted octanol–water partition coefficient (Wildman–Crippen LogP) is 2.96. The summed E-state index contributed by atoms with van der Waals surface area (Å²) in [5, 5.41) is 7.56. The van der Waals surface area contributed by atoms with Crippen LogP contribution in [0.4, 0.5) is 0 Å². The Morgan fingerprint density at radius 3 is 2.89 bits per heavy atom. The Hall–Kier alpha value is -0.970. The molecule has 0 aliphatic heterocycles. The smallest absolute Gasteiger partial charge is 0.273 e. The average molecular weight is 280 g/mol. The lowest BCUT2D eigenvalue weighted by atomic mass is 10.3. The van der Waals surface area contributed by atoms with Crippen molar-refractivity contribution in [3.05, 3.63) is 17.5 Å². The van der Waals surface area contributed by atoms with E-state index in [2.05, 4.69) is 10.5 Å². The van der Waals surface area contributed by atoms with Gasteiger partial charge in [0, 0.05) is 29.5 Å². The largest absolute Gasteiger partial charge is 0.360 e. The highest BCUT2D eigenvalue weighted by Gasteiger charge is 2.28. The van der Waals surface area contributed by atoms with Crippen molar-refractivity contribution < 1.29 is 9.32 Å². The lowest BCUT2D eigenvalue weighted by Crippen LogP contribution is -2.26. The molecule has 0 aromatic carbocycles. The highest BCUT2D eigenvalue weighted by molar-refractivity contribution is 7.99. The van der Waals surface area contributed by atoms with E-state index in [1.54, 1.807) is 6.07 Å². The summed E-state index contributed by atoms with van der Waals surface area (Å²) in [6.45, 7) is 0.714. The quantitative estimate of drug-likeness (QED) is 0.814. The maximum Gasteiger partial charge on any atom is 0.273 e. The van der Waals surface area contributed by atoms with Gasteiger partial charge in [-0.1, -0.05) is 18.0 Å². The zero-order valence-corrected chi connectivity index (χ0v) is 11.9. The fourth-order valence-electron chi connectivity index (χ4n) is 2.49. The van der Waals surface area contributed by atoms with Crippen LogP contribution in [0.25, 0.3) is 0 Å². The van der Waals surface area contributed by atoms with Crippen molar-refractivity contribution in [3.8, 4) is 0 Å². The van der Waals surface area contributed by atoms with Gasteiger partial charge in [-0.25, -0.2) is 0 Å². The summed E-state index contributed by atoms with van der Waals surface area (Å²) in [4.78, 5) is 11.9. The van der Waals surface area contributed by atoms with Gasteiger partial charge in [0.2, 0.25) is 0 Å². The molecular formula is C14H20N2O2S. The second-order valence-electron chi connectivity index (χ2n) is 5.42. The van der Waals surface area contributed by atoms with Gasteiger partial charge in [-0.2, -0.15) is 11.8 Å². The molecule has 0 saturated heterocycles. The third-order valence-corrected chi connectivity index (χ3v) is 5.17. The summed E-state index contributed by atoms with van der Waals surface area (Å²) in [6, 6.07) is 1.79. The molecule has 1 heterocycles. The van der Waals surface area contributed by atoms with Gasteiger partial charge in [-0.15, -0.1) is 0 Å². The molecule has 0 bridgehead atoms. The van der Waals surface area contributed by atoms with Crippen LogP contribution in [0.2, 0.25) is 0 Å². The first-order valence-corrected chi connectivity index (χ1v) is 8.24. The number of carbonyl (C=O) groups is 1. The number of carbonyl (C=O) groups excluding carboxylic acids is 1. The number of aromatic nitrogens is 1. The number of amides is 1. The topological polar surface area (TPSA) is 55.1 Å². The third kappa shape index (κ3) is 3.53. The van der Waals surface area contributed by atoms with Crippen LogP contribution in [0, 0.1) is 0 Å².